The average Bonchev–Trinajstić information content (AvgIpc) is 3.68. The number of aliphatic imine (C=N–C) groups is 2. The molecule has 0 radical (unpaired) electrons. The maximum Gasteiger partial charge on any atom is 0.159 e. The molecule has 4 nitrogen and oxygen atoms in total. The average molecular weight is 728 g/mol. The van der Waals surface area contributed by atoms with Gasteiger partial charge in [0.2, 0.25) is 0 Å². The summed E-state index contributed by atoms with van der Waals surface area (Å²) in [7, 11) is 0. The summed E-state index contributed by atoms with van der Waals surface area (Å²) in [6.45, 7) is 0. The summed E-state index contributed by atoms with van der Waals surface area (Å²) in [5.41, 5.74) is 6.91. The van der Waals surface area contributed by atoms with Crippen molar-refractivity contribution in [3.8, 4) is 11.1 Å². The Labute approximate surface area is 328 Å². The Morgan fingerprint density at radius 1 is 0.421 bits per heavy atom. The topological polar surface area (TPSA) is 49.9 Å². The Balaban J connectivity index is 1.12. The predicted octanol–water partition coefficient (Wildman–Crippen LogP) is 13.5. The fourth-order valence-electron chi connectivity index (χ4n) is 9.02. The van der Waals surface area contributed by atoms with Gasteiger partial charge in [-0.2, -0.15) is 0 Å². The molecule has 0 spiro atoms. The number of benzene rings is 10. The molecule has 2 heterocycles. The van der Waals surface area contributed by atoms with Crippen LogP contribution in [0.2, 0.25) is 0 Å². The summed E-state index contributed by atoms with van der Waals surface area (Å²) in [6, 6.07) is 66.9. The zero-order valence-electron chi connectivity index (χ0n) is 30.8. The lowest BCUT2D eigenvalue weighted by atomic mass is 9.93. The number of nitrogens with zero attached hydrogens (tertiary/aromatic N) is 2. The van der Waals surface area contributed by atoms with Crippen molar-refractivity contribution in [2.75, 3.05) is 0 Å². The second-order valence-electron chi connectivity index (χ2n) is 14.9. The van der Waals surface area contributed by atoms with E-state index in [1.807, 2.05) is 6.07 Å². The molecule has 10 aromatic carbocycles. The second kappa shape index (κ2) is 12.5. The Hall–Kier alpha value is -7.56. The van der Waals surface area contributed by atoms with Crippen molar-refractivity contribution in [2.45, 2.75) is 6.17 Å². The van der Waals surface area contributed by atoms with Gasteiger partial charge in [-0.1, -0.05) is 170 Å². The van der Waals surface area contributed by atoms with Crippen molar-refractivity contribution in [2.24, 2.45) is 9.98 Å². The van der Waals surface area contributed by atoms with Crippen LogP contribution in [0, 0.1) is 0 Å². The molecule has 57 heavy (non-hydrogen) atoms. The van der Waals surface area contributed by atoms with Crippen molar-refractivity contribution in [1.29, 1.82) is 0 Å². The standard InChI is InChI=1S/C53H33N3O/c1-4-16-37-32(12-1)15-11-22-41(37)43-28-29-45(49-44-21-9-10-23-48(44)57-50(43)49)52-54-51(36-27-26-34-25-24-33-13-2-5-17-38(33)46(34)31-36)55-53(56-52)47-30-35-14-3-6-18-39(35)40-19-7-8-20-42(40)47/h1-31,52H,(H,54,55,56). The van der Waals surface area contributed by atoms with E-state index < -0.39 is 6.17 Å². The van der Waals surface area contributed by atoms with E-state index in [2.05, 4.69) is 187 Å². The van der Waals surface area contributed by atoms with Gasteiger partial charge in [-0.15, -0.1) is 0 Å². The SMILES string of the molecule is c1ccc2c(-c3ccc(C4N=C(c5ccc6ccc7ccccc7c6c5)N=C(c5cc6ccccc6c6ccccc56)N4)c4c3oc3ccccc34)cccc2c1. The smallest absolute Gasteiger partial charge is 0.159 e. The van der Waals surface area contributed by atoms with Gasteiger partial charge in [0, 0.05) is 33.0 Å². The molecular weight excluding hydrogens is 695 g/mol. The summed E-state index contributed by atoms with van der Waals surface area (Å²) >= 11 is 0. The third-order valence-corrected chi connectivity index (χ3v) is 11.7. The molecule has 0 bridgehead atoms. The van der Waals surface area contributed by atoms with Gasteiger partial charge in [-0.3, -0.25) is 0 Å². The maximum absolute atomic E-state index is 6.83. The molecule has 0 amide bonds. The van der Waals surface area contributed by atoms with E-state index in [0.717, 1.165) is 66.4 Å². The van der Waals surface area contributed by atoms with Crippen LogP contribution in [-0.4, -0.2) is 11.7 Å². The van der Waals surface area contributed by atoms with Crippen molar-refractivity contribution < 1.29 is 4.42 Å². The Bertz CT molecular complexity index is 3510. The minimum atomic E-state index is -0.467. The quantitative estimate of drug-likeness (QED) is 0.184. The van der Waals surface area contributed by atoms with Gasteiger partial charge in [0.05, 0.1) is 0 Å². The molecule has 266 valence electrons. The summed E-state index contributed by atoms with van der Waals surface area (Å²) in [5, 5.41) is 17.8. The van der Waals surface area contributed by atoms with E-state index in [4.69, 9.17) is 14.4 Å². The molecule has 0 saturated heterocycles. The lowest BCUT2D eigenvalue weighted by Gasteiger charge is -2.25. The lowest BCUT2D eigenvalue weighted by molar-refractivity contribution is 0.663. The highest BCUT2D eigenvalue weighted by Gasteiger charge is 2.27. The fraction of sp³-hybridized carbons (Fsp3) is 0.0189. The number of fused-ring (bicyclic) bond motifs is 10. The van der Waals surface area contributed by atoms with Gasteiger partial charge in [-0.05, 0) is 77.6 Å². The number of amidine groups is 2. The molecule has 1 aromatic heterocycles. The summed E-state index contributed by atoms with van der Waals surface area (Å²) in [4.78, 5) is 10.9. The molecule has 12 rings (SSSR count). The molecule has 0 saturated carbocycles. The maximum atomic E-state index is 6.83. The first-order chi connectivity index (χ1) is 28.2. The number of nitrogens with one attached hydrogen (secondary N) is 1. The minimum Gasteiger partial charge on any atom is -0.455 e. The van der Waals surface area contributed by atoms with Crippen LogP contribution < -0.4 is 5.32 Å². The van der Waals surface area contributed by atoms with Crippen LogP contribution in [0.4, 0.5) is 0 Å². The van der Waals surface area contributed by atoms with Crippen molar-refractivity contribution in [1.82, 2.24) is 5.32 Å². The Morgan fingerprint density at radius 2 is 1.04 bits per heavy atom. The van der Waals surface area contributed by atoms with Crippen LogP contribution in [0.3, 0.4) is 0 Å². The number of para-hydroxylation sites is 1. The molecular formula is C53H33N3O. The number of rotatable bonds is 4. The van der Waals surface area contributed by atoms with E-state index >= 15 is 0 Å². The van der Waals surface area contributed by atoms with Gasteiger partial charge in [0.15, 0.2) is 5.84 Å². The van der Waals surface area contributed by atoms with Crippen LogP contribution in [0.5, 0.6) is 0 Å². The Kier molecular flexibility index (Phi) is 6.96. The fourth-order valence-corrected chi connectivity index (χ4v) is 9.02. The van der Waals surface area contributed by atoms with Crippen molar-refractivity contribution in [3.05, 3.63) is 205 Å². The van der Waals surface area contributed by atoms with Crippen molar-refractivity contribution >= 4 is 87.5 Å². The summed E-state index contributed by atoms with van der Waals surface area (Å²) in [5.74, 6) is 1.46. The van der Waals surface area contributed by atoms with Crippen LogP contribution in [0.1, 0.15) is 22.9 Å². The second-order valence-corrected chi connectivity index (χ2v) is 14.9. The molecule has 0 fully saturated rings. The lowest BCUT2D eigenvalue weighted by Crippen LogP contribution is -2.33. The predicted molar refractivity (Wildman–Crippen MR) is 239 cm³/mol. The molecule has 1 aliphatic rings. The molecule has 4 heteroatoms. The van der Waals surface area contributed by atoms with E-state index in [1.165, 1.54) is 43.1 Å². The largest absolute Gasteiger partial charge is 0.455 e. The van der Waals surface area contributed by atoms with Gasteiger partial charge < -0.3 is 9.73 Å². The first-order valence-corrected chi connectivity index (χ1v) is 19.4. The van der Waals surface area contributed by atoms with Crippen LogP contribution >= 0.6 is 0 Å². The van der Waals surface area contributed by atoms with Gasteiger partial charge in [0.1, 0.15) is 23.2 Å². The molecule has 1 atom stereocenters. The minimum absolute atomic E-state index is 0.467. The first kappa shape index (κ1) is 31.8. The van der Waals surface area contributed by atoms with Gasteiger partial charge in [-0.25, -0.2) is 9.98 Å². The third kappa shape index (κ3) is 5.01. The number of hydrogen-bond acceptors (Lipinski definition) is 4. The molecule has 1 aliphatic heterocycles. The highest BCUT2D eigenvalue weighted by molar-refractivity contribution is 6.23. The summed E-state index contributed by atoms with van der Waals surface area (Å²) in [6.07, 6.45) is -0.467. The Morgan fingerprint density at radius 3 is 1.86 bits per heavy atom. The highest BCUT2D eigenvalue weighted by atomic mass is 16.3. The van der Waals surface area contributed by atoms with Crippen molar-refractivity contribution in [3.63, 3.8) is 0 Å². The zero-order valence-corrected chi connectivity index (χ0v) is 30.8. The van der Waals surface area contributed by atoms with Crippen LogP contribution in [0.15, 0.2) is 202 Å². The van der Waals surface area contributed by atoms with E-state index in [-0.39, 0.29) is 0 Å². The first-order valence-electron chi connectivity index (χ1n) is 19.4. The monoisotopic (exact) mass is 727 g/mol. The zero-order chi connectivity index (χ0) is 37.5. The molecule has 0 aliphatic carbocycles. The number of hydrogen-bond donors (Lipinski definition) is 1. The highest BCUT2D eigenvalue weighted by Crippen LogP contribution is 2.43. The molecule has 1 N–H and O–H groups in total. The van der Waals surface area contributed by atoms with E-state index in [9.17, 15) is 0 Å². The molecule has 11 aromatic rings. The molecule has 1 unspecified atom stereocenters. The third-order valence-electron chi connectivity index (χ3n) is 11.7. The summed E-state index contributed by atoms with van der Waals surface area (Å²) < 4.78 is 6.83. The van der Waals surface area contributed by atoms with Gasteiger partial charge in [0.25, 0.3) is 0 Å². The van der Waals surface area contributed by atoms with Crippen LogP contribution in [0.25, 0.3) is 86.9 Å². The van der Waals surface area contributed by atoms with Gasteiger partial charge >= 0.3 is 0 Å². The van der Waals surface area contributed by atoms with E-state index in [0.29, 0.717) is 5.84 Å². The normalized spacial score (nSPS) is 14.5. The van der Waals surface area contributed by atoms with Crippen LogP contribution in [-0.2, 0) is 0 Å². The van der Waals surface area contributed by atoms with E-state index in [1.54, 1.807) is 0 Å². The number of furan rings is 1.